The second kappa shape index (κ2) is 4.72. The molecular formula is C8H8ClN3O. The molecule has 0 saturated carbocycles. The average Bonchev–Trinajstić information content (AvgIpc) is 2.14. The third-order valence-electron chi connectivity index (χ3n) is 1.55. The van der Waals surface area contributed by atoms with Crippen LogP contribution >= 0.6 is 11.6 Å². The third kappa shape index (κ3) is 2.95. The van der Waals surface area contributed by atoms with E-state index in [0.29, 0.717) is 10.6 Å². The number of nitrogens with zero attached hydrogens (tertiary/aromatic N) is 3. The lowest BCUT2D eigenvalue weighted by Crippen LogP contribution is -2.00. The first-order chi connectivity index (χ1) is 6.24. The molecule has 1 rings (SSSR count). The molecule has 13 heavy (non-hydrogen) atoms. The van der Waals surface area contributed by atoms with Crippen LogP contribution in [-0.2, 0) is 0 Å². The molecular weight excluding hydrogens is 190 g/mol. The van der Waals surface area contributed by atoms with E-state index in [-0.39, 0.29) is 6.54 Å². The highest BCUT2D eigenvalue weighted by Gasteiger charge is 2.05. The second-order valence-corrected chi connectivity index (χ2v) is 2.92. The van der Waals surface area contributed by atoms with Crippen LogP contribution in [-0.4, -0.2) is 11.7 Å². The number of halogens is 1. The summed E-state index contributed by atoms with van der Waals surface area (Å²) in [6.45, 7) is 0.0246. The molecule has 0 radical (unpaired) electrons. The maximum absolute atomic E-state index is 9.45. The van der Waals surface area contributed by atoms with Gasteiger partial charge in [-0.05, 0) is 23.2 Å². The van der Waals surface area contributed by atoms with Crippen LogP contribution in [0, 0.1) is 0 Å². The lowest BCUT2D eigenvalue weighted by molar-refractivity contribution is 0.187. The van der Waals surface area contributed by atoms with Crippen molar-refractivity contribution in [2.24, 2.45) is 5.11 Å². The Morgan fingerprint density at radius 2 is 2.38 bits per heavy atom. The van der Waals surface area contributed by atoms with Gasteiger partial charge < -0.3 is 5.11 Å². The molecule has 0 fully saturated rings. The molecule has 0 heterocycles. The van der Waals surface area contributed by atoms with E-state index >= 15 is 0 Å². The van der Waals surface area contributed by atoms with E-state index in [0.717, 1.165) is 0 Å². The van der Waals surface area contributed by atoms with Crippen molar-refractivity contribution in [2.45, 2.75) is 6.10 Å². The molecule has 0 bridgehead atoms. The molecule has 1 aromatic rings. The lowest BCUT2D eigenvalue weighted by Gasteiger charge is -2.06. The van der Waals surface area contributed by atoms with Crippen molar-refractivity contribution >= 4 is 11.6 Å². The molecule has 0 amide bonds. The Hall–Kier alpha value is -1.22. The first-order valence-corrected chi connectivity index (χ1v) is 4.06. The number of azide groups is 1. The SMILES string of the molecule is [N-]=[N+]=NC[C@H](O)c1cccc(Cl)c1. The van der Waals surface area contributed by atoms with Crippen molar-refractivity contribution in [3.05, 3.63) is 45.3 Å². The highest BCUT2D eigenvalue weighted by molar-refractivity contribution is 6.30. The minimum atomic E-state index is -0.783. The van der Waals surface area contributed by atoms with Gasteiger partial charge in [0.2, 0.25) is 0 Å². The molecule has 0 aromatic heterocycles. The van der Waals surface area contributed by atoms with Gasteiger partial charge in [0.05, 0.1) is 12.6 Å². The summed E-state index contributed by atoms with van der Waals surface area (Å²) < 4.78 is 0. The minimum absolute atomic E-state index is 0.0246. The van der Waals surface area contributed by atoms with E-state index in [1.807, 2.05) is 0 Å². The van der Waals surface area contributed by atoms with Crippen LogP contribution in [0.3, 0.4) is 0 Å². The van der Waals surface area contributed by atoms with Gasteiger partial charge in [0.1, 0.15) is 0 Å². The van der Waals surface area contributed by atoms with Crippen molar-refractivity contribution < 1.29 is 5.11 Å². The molecule has 1 atom stereocenters. The fraction of sp³-hybridized carbons (Fsp3) is 0.250. The van der Waals surface area contributed by atoms with Gasteiger partial charge in [-0.15, -0.1) is 0 Å². The zero-order valence-corrected chi connectivity index (χ0v) is 7.52. The van der Waals surface area contributed by atoms with Gasteiger partial charge in [-0.1, -0.05) is 28.8 Å². The molecule has 4 nitrogen and oxygen atoms in total. The van der Waals surface area contributed by atoms with Crippen molar-refractivity contribution in [1.82, 2.24) is 0 Å². The highest BCUT2D eigenvalue weighted by atomic mass is 35.5. The fourth-order valence-corrected chi connectivity index (χ4v) is 1.13. The van der Waals surface area contributed by atoms with E-state index in [1.54, 1.807) is 24.3 Å². The Bertz CT molecular complexity index is 336. The quantitative estimate of drug-likeness (QED) is 0.452. The molecule has 5 heteroatoms. The highest BCUT2D eigenvalue weighted by Crippen LogP contribution is 2.17. The van der Waals surface area contributed by atoms with Crippen LogP contribution in [0.4, 0.5) is 0 Å². The molecule has 0 aliphatic rings. The van der Waals surface area contributed by atoms with E-state index in [4.69, 9.17) is 17.1 Å². The van der Waals surface area contributed by atoms with Crippen LogP contribution in [0.15, 0.2) is 29.4 Å². The maximum Gasteiger partial charge on any atom is 0.0846 e. The van der Waals surface area contributed by atoms with Crippen LogP contribution in [0.1, 0.15) is 11.7 Å². The van der Waals surface area contributed by atoms with Crippen LogP contribution in [0.25, 0.3) is 10.4 Å². The summed E-state index contributed by atoms with van der Waals surface area (Å²) in [6, 6.07) is 6.81. The van der Waals surface area contributed by atoms with Crippen molar-refractivity contribution in [2.75, 3.05) is 6.54 Å². The van der Waals surface area contributed by atoms with Gasteiger partial charge in [-0.2, -0.15) is 0 Å². The minimum Gasteiger partial charge on any atom is -0.388 e. The molecule has 1 aromatic carbocycles. The maximum atomic E-state index is 9.45. The number of aliphatic hydroxyl groups excluding tert-OH is 1. The third-order valence-corrected chi connectivity index (χ3v) is 1.79. The van der Waals surface area contributed by atoms with Crippen molar-refractivity contribution in [1.29, 1.82) is 0 Å². The lowest BCUT2D eigenvalue weighted by atomic mass is 10.1. The average molecular weight is 198 g/mol. The summed E-state index contributed by atoms with van der Waals surface area (Å²) >= 11 is 5.71. The first kappa shape index (κ1) is 9.86. The smallest absolute Gasteiger partial charge is 0.0846 e. The Morgan fingerprint density at radius 3 is 3.00 bits per heavy atom. The largest absolute Gasteiger partial charge is 0.388 e. The summed E-state index contributed by atoms with van der Waals surface area (Å²) in [5, 5.41) is 13.3. The van der Waals surface area contributed by atoms with Crippen LogP contribution in [0.2, 0.25) is 5.02 Å². The predicted octanol–water partition coefficient (Wildman–Crippen LogP) is 2.68. The molecule has 0 saturated heterocycles. The number of hydrogen-bond donors (Lipinski definition) is 1. The zero-order valence-electron chi connectivity index (χ0n) is 6.76. The summed E-state index contributed by atoms with van der Waals surface area (Å²) in [7, 11) is 0. The fourth-order valence-electron chi connectivity index (χ4n) is 0.933. The van der Waals surface area contributed by atoms with Gasteiger partial charge >= 0.3 is 0 Å². The zero-order chi connectivity index (χ0) is 9.68. The number of hydrogen-bond acceptors (Lipinski definition) is 2. The van der Waals surface area contributed by atoms with Crippen molar-refractivity contribution in [3.8, 4) is 0 Å². The topological polar surface area (TPSA) is 69.0 Å². The van der Waals surface area contributed by atoms with E-state index in [1.165, 1.54) is 0 Å². The van der Waals surface area contributed by atoms with Crippen molar-refractivity contribution in [3.63, 3.8) is 0 Å². The molecule has 0 unspecified atom stereocenters. The van der Waals surface area contributed by atoms with Crippen LogP contribution in [0.5, 0.6) is 0 Å². The van der Waals surface area contributed by atoms with Gasteiger partial charge in [0, 0.05) is 9.93 Å². The summed E-state index contributed by atoms with van der Waals surface area (Å²) in [6.07, 6.45) is -0.783. The van der Waals surface area contributed by atoms with Gasteiger partial charge in [0.25, 0.3) is 0 Å². The van der Waals surface area contributed by atoms with Gasteiger partial charge in [0.15, 0.2) is 0 Å². The molecule has 1 N–H and O–H groups in total. The predicted molar refractivity (Wildman–Crippen MR) is 50.4 cm³/mol. The number of rotatable bonds is 3. The summed E-state index contributed by atoms with van der Waals surface area (Å²) in [5.74, 6) is 0. The number of benzene rings is 1. The first-order valence-electron chi connectivity index (χ1n) is 3.68. The summed E-state index contributed by atoms with van der Waals surface area (Å²) in [4.78, 5) is 2.56. The van der Waals surface area contributed by atoms with E-state index in [2.05, 4.69) is 10.0 Å². The Labute approximate surface area is 80.4 Å². The monoisotopic (exact) mass is 197 g/mol. The molecule has 0 aliphatic heterocycles. The van der Waals surface area contributed by atoms with Gasteiger partial charge in [-0.3, -0.25) is 0 Å². The Morgan fingerprint density at radius 1 is 1.62 bits per heavy atom. The molecule has 68 valence electrons. The Kier molecular flexibility index (Phi) is 3.58. The number of aliphatic hydroxyl groups is 1. The normalized spacial score (nSPS) is 11.8. The van der Waals surface area contributed by atoms with E-state index in [9.17, 15) is 5.11 Å². The van der Waals surface area contributed by atoms with Crippen LogP contribution < -0.4 is 0 Å². The van der Waals surface area contributed by atoms with E-state index < -0.39 is 6.10 Å². The van der Waals surface area contributed by atoms with Gasteiger partial charge in [-0.25, -0.2) is 0 Å². The summed E-state index contributed by atoms with van der Waals surface area (Å²) in [5.41, 5.74) is 8.69. The second-order valence-electron chi connectivity index (χ2n) is 2.48. The molecule has 0 spiro atoms. The Balaban J connectivity index is 2.76. The standard InChI is InChI=1S/C8H8ClN3O/c9-7-3-1-2-6(4-7)8(13)5-11-12-10/h1-4,8,13H,5H2/t8-/m0/s1. The molecule has 0 aliphatic carbocycles.